The van der Waals surface area contributed by atoms with E-state index in [1.807, 2.05) is 44.2 Å². The van der Waals surface area contributed by atoms with Crippen molar-refractivity contribution in [3.05, 3.63) is 72.1 Å². The molecule has 1 aromatic carbocycles. The van der Waals surface area contributed by atoms with Gasteiger partial charge in [0.05, 0.1) is 0 Å². The van der Waals surface area contributed by atoms with E-state index in [0.29, 0.717) is 0 Å². The fourth-order valence-corrected chi connectivity index (χ4v) is 2.87. The van der Waals surface area contributed by atoms with Gasteiger partial charge in [-0.3, -0.25) is 9.78 Å². The van der Waals surface area contributed by atoms with Gasteiger partial charge in [0.25, 0.3) is 5.91 Å². The summed E-state index contributed by atoms with van der Waals surface area (Å²) in [5, 5.41) is 0. The largest absolute Gasteiger partial charge is 0.440 e. The Hall–Kier alpha value is -2.95. The molecular weight excluding hydrogens is 304 g/mol. The molecule has 5 nitrogen and oxygen atoms in total. The molecule has 1 fully saturated rings. The number of hydrogen-bond donors (Lipinski definition) is 0. The Morgan fingerprint density at radius 3 is 2.50 bits per heavy atom. The number of carbonyl (C=O) groups excluding carboxylic acids is 2. The second-order valence-corrected chi connectivity index (χ2v) is 6.11. The summed E-state index contributed by atoms with van der Waals surface area (Å²) in [4.78, 5) is 30.0. The van der Waals surface area contributed by atoms with Crippen molar-refractivity contribution in [2.45, 2.75) is 25.5 Å². The minimum absolute atomic E-state index is 0.406. The number of amides is 2. The third-order valence-electron chi connectivity index (χ3n) is 3.94. The van der Waals surface area contributed by atoms with Gasteiger partial charge in [-0.15, -0.1) is 0 Å². The number of rotatable bonds is 3. The average Bonchev–Trinajstić information content (AvgIpc) is 2.83. The van der Waals surface area contributed by atoms with Crippen LogP contribution in [0.1, 0.15) is 31.0 Å². The van der Waals surface area contributed by atoms with Crippen LogP contribution in [-0.2, 0) is 9.53 Å². The number of imide groups is 1. The van der Waals surface area contributed by atoms with Crippen molar-refractivity contribution >= 4 is 18.1 Å². The van der Waals surface area contributed by atoms with E-state index in [1.54, 1.807) is 30.6 Å². The Morgan fingerprint density at radius 2 is 1.83 bits per heavy atom. The number of hydrogen-bond acceptors (Lipinski definition) is 4. The van der Waals surface area contributed by atoms with E-state index < -0.39 is 23.6 Å². The maximum Gasteiger partial charge on any atom is 0.418 e. The highest BCUT2D eigenvalue weighted by Gasteiger charge is 2.50. The predicted octanol–water partition coefficient (Wildman–Crippen LogP) is 3.59. The molecule has 0 saturated carbocycles. The lowest BCUT2D eigenvalue weighted by Gasteiger charge is -2.27. The summed E-state index contributed by atoms with van der Waals surface area (Å²) in [7, 11) is 0. The molecule has 1 aliphatic heterocycles. The first kappa shape index (κ1) is 15.9. The van der Waals surface area contributed by atoms with Gasteiger partial charge in [-0.1, -0.05) is 30.3 Å². The van der Waals surface area contributed by atoms with Crippen molar-refractivity contribution in [3.63, 3.8) is 0 Å². The summed E-state index contributed by atoms with van der Waals surface area (Å²) in [6, 6.07) is 12.5. The smallest absolute Gasteiger partial charge is 0.418 e. The van der Waals surface area contributed by atoms with Gasteiger partial charge in [-0.25, -0.2) is 9.69 Å². The quantitative estimate of drug-likeness (QED) is 0.810. The van der Waals surface area contributed by atoms with Crippen molar-refractivity contribution in [1.82, 2.24) is 9.88 Å². The minimum Gasteiger partial charge on any atom is -0.440 e. The average molecular weight is 322 g/mol. The Kier molecular flexibility index (Phi) is 4.16. The molecular formula is C19H18N2O3. The molecule has 1 atom stereocenters. The molecule has 0 unspecified atom stereocenters. The Labute approximate surface area is 140 Å². The lowest BCUT2D eigenvalue weighted by atomic mass is 9.91. The Morgan fingerprint density at radius 1 is 1.17 bits per heavy atom. The lowest BCUT2D eigenvalue weighted by Crippen LogP contribution is -2.37. The normalized spacial score (nSPS) is 19.5. The van der Waals surface area contributed by atoms with Gasteiger partial charge in [-0.2, -0.15) is 0 Å². The van der Waals surface area contributed by atoms with Crippen LogP contribution in [0.4, 0.5) is 4.79 Å². The van der Waals surface area contributed by atoms with Crippen molar-refractivity contribution in [2.75, 3.05) is 0 Å². The van der Waals surface area contributed by atoms with E-state index in [2.05, 4.69) is 4.98 Å². The van der Waals surface area contributed by atoms with Gasteiger partial charge < -0.3 is 4.74 Å². The molecule has 1 aromatic heterocycles. The van der Waals surface area contributed by atoms with Gasteiger partial charge in [-0.05, 0) is 43.2 Å². The van der Waals surface area contributed by atoms with Crippen LogP contribution < -0.4 is 0 Å². The molecule has 0 spiro atoms. The first-order valence-corrected chi connectivity index (χ1v) is 7.68. The maximum absolute atomic E-state index is 12.6. The summed E-state index contributed by atoms with van der Waals surface area (Å²) in [5.41, 5.74) is 0.902. The monoisotopic (exact) mass is 322 g/mol. The molecule has 1 saturated heterocycles. The fraction of sp³-hybridized carbons (Fsp3) is 0.211. The number of benzene rings is 1. The number of ether oxygens (including phenoxy) is 1. The van der Waals surface area contributed by atoms with Crippen LogP contribution in [0.15, 0.2) is 60.9 Å². The van der Waals surface area contributed by atoms with Crippen molar-refractivity contribution < 1.29 is 14.3 Å². The molecule has 0 aliphatic carbocycles. The second kappa shape index (κ2) is 6.28. The van der Waals surface area contributed by atoms with Crippen LogP contribution in [0.2, 0.25) is 0 Å². The van der Waals surface area contributed by atoms with Gasteiger partial charge in [0, 0.05) is 18.5 Å². The molecule has 2 amide bonds. The van der Waals surface area contributed by atoms with E-state index >= 15 is 0 Å². The summed E-state index contributed by atoms with van der Waals surface area (Å²) in [5.74, 6) is -0.406. The molecule has 3 rings (SSSR count). The van der Waals surface area contributed by atoms with Crippen molar-refractivity contribution in [1.29, 1.82) is 0 Å². The molecule has 0 bridgehead atoms. The van der Waals surface area contributed by atoms with Crippen LogP contribution in [-0.4, -0.2) is 27.5 Å². The van der Waals surface area contributed by atoms with Crippen LogP contribution in [0.3, 0.4) is 0 Å². The molecule has 122 valence electrons. The number of pyridine rings is 1. The van der Waals surface area contributed by atoms with E-state index in [9.17, 15) is 9.59 Å². The summed E-state index contributed by atoms with van der Waals surface area (Å²) in [6.45, 7) is 3.62. The zero-order valence-electron chi connectivity index (χ0n) is 13.5. The second-order valence-electron chi connectivity index (χ2n) is 6.11. The zero-order valence-corrected chi connectivity index (χ0v) is 13.5. The minimum atomic E-state index is -0.793. The van der Waals surface area contributed by atoms with Gasteiger partial charge in [0.1, 0.15) is 11.6 Å². The first-order valence-electron chi connectivity index (χ1n) is 7.68. The molecule has 1 aliphatic rings. The first-order chi connectivity index (χ1) is 11.5. The van der Waals surface area contributed by atoms with Crippen molar-refractivity contribution in [3.8, 4) is 0 Å². The van der Waals surface area contributed by atoms with Crippen LogP contribution in [0.5, 0.6) is 0 Å². The molecule has 2 aromatic rings. The number of cyclic esters (lactones) is 1. The predicted molar refractivity (Wildman–Crippen MR) is 89.9 cm³/mol. The SMILES string of the molecule is CC1(C)OC(=O)N(C(=O)/C=C/c2ccncc2)[C@@H]1c1ccccc1. The van der Waals surface area contributed by atoms with E-state index in [-0.39, 0.29) is 0 Å². The highest BCUT2D eigenvalue weighted by atomic mass is 16.6. The molecule has 24 heavy (non-hydrogen) atoms. The zero-order chi connectivity index (χ0) is 17.2. The molecule has 0 radical (unpaired) electrons. The molecule has 2 heterocycles. The molecule has 5 heteroatoms. The van der Waals surface area contributed by atoms with Gasteiger partial charge in [0.2, 0.25) is 0 Å². The van der Waals surface area contributed by atoms with E-state index in [1.165, 1.54) is 11.0 Å². The fourth-order valence-electron chi connectivity index (χ4n) is 2.87. The van der Waals surface area contributed by atoms with Crippen LogP contribution >= 0.6 is 0 Å². The standard InChI is InChI=1S/C19H18N2O3/c1-19(2)17(15-6-4-3-5-7-15)21(18(23)24-19)16(22)9-8-14-10-12-20-13-11-14/h3-13,17H,1-2H3/b9-8+/t17-/m1/s1. The van der Waals surface area contributed by atoms with Gasteiger partial charge in [0.15, 0.2) is 0 Å². The van der Waals surface area contributed by atoms with Crippen molar-refractivity contribution in [2.24, 2.45) is 0 Å². The van der Waals surface area contributed by atoms with Crippen LogP contribution in [0.25, 0.3) is 6.08 Å². The summed E-state index contributed by atoms with van der Waals surface area (Å²) < 4.78 is 5.42. The number of carbonyl (C=O) groups is 2. The highest BCUT2D eigenvalue weighted by molar-refractivity contribution is 6.02. The maximum atomic E-state index is 12.6. The Bertz CT molecular complexity index is 770. The summed E-state index contributed by atoms with van der Waals surface area (Å²) in [6.07, 6.45) is 5.70. The van der Waals surface area contributed by atoms with Crippen LogP contribution in [0, 0.1) is 0 Å². The molecule has 0 N–H and O–H groups in total. The topological polar surface area (TPSA) is 59.5 Å². The third-order valence-corrected chi connectivity index (χ3v) is 3.94. The van der Waals surface area contributed by atoms with Gasteiger partial charge >= 0.3 is 6.09 Å². The number of nitrogens with zero attached hydrogens (tertiary/aromatic N) is 2. The third kappa shape index (κ3) is 3.06. The highest BCUT2D eigenvalue weighted by Crippen LogP contribution is 2.41. The lowest BCUT2D eigenvalue weighted by molar-refractivity contribution is -0.124. The van der Waals surface area contributed by atoms with E-state index in [0.717, 1.165) is 11.1 Å². The number of aromatic nitrogens is 1. The van der Waals surface area contributed by atoms with E-state index in [4.69, 9.17) is 4.74 Å². The Balaban J connectivity index is 1.91. The summed E-state index contributed by atoms with van der Waals surface area (Å²) >= 11 is 0.